The van der Waals surface area contributed by atoms with E-state index in [4.69, 9.17) is 0 Å². The van der Waals surface area contributed by atoms with Crippen LogP contribution in [0.1, 0.15) is 47.3 Å². The van der Waals surface area contributed by atoms with Crippen molar-refractivity contribution in [1.29, 1.82) is 0 Å². The topological polar surface area (TPSA) is 59.3 Å². The Kier molecular flexibility index (Phi) is 3.55. The summed E-state index contributed by atoms with van der Waals surface area (Å²) in [5.74, 6) is -0.119. The quantitative estimate of drug-likeness (QED) is 0.871. The fourth-order valence-electron chi connectivity index (χ4n) is 2.47. The van der Waals surface area contributed by atoms with E-state index in [1.807, 2.05) is 0 Å². The number of hydrogen-bond donors (Lipinski definition) is 1. The van der Waals surface area contributed by atoms with Gasteiger partial charge in [-0.05, 0) is 38.2 Å². The number of carboxylic acids is 1. The summed E-state index contributed by atoms with van der Waals surface area (Å²) < 4.78 is 1.60. The zero-order chi connectivity index (χ0) is 13.3. The number of hydrogen-bond acceptors (Lipinski definition) is 2. The number of aromatic carboxylic acids is 1. The summed E-state index contributed by atoms with van der Waals surface area (Å²) in [7, 11) is 0. The van der Waals surface area contributed by atoms with Gasteiger partial charge < -0.3 is 9.67 Å². The molecule has 4 heteroatoms. The molecule has 1 fully saturated rings. The van der Waals surface area contributed by atoms with Gasteiger partial charge in [-0.3, -0.25) is 4.79 Å². The molecule has 0 aliphatic heterocycles. The number of carboxylic acid groups (broad SMARTS) is 1. The van der Waals surface area contributed by atoms with Gasteiger partial charge in [0.1, 0.15) is 0 Å². The number of aryl methyl sites for hydroxylation is 1. The Morgan fingerprint density at radius 2 is 2.11 bits per heavy atom. The lowest BCUT2D eigenvalue weighted by atomic mass is 10.1. The molecule has 2 rings (SSSR count). The first-order chi connectivity index (χ1) is 8.50. The maximum Gasteiger partial charge on any atom is 0.337 e. The van der Waals surface area contributed by atoms with E-state index in [2.05, 4.69) is 0 Å². The third-order valence-electron chi connectivity index (χ3n) is 3.67. The second kappa shape index (κ2) is 4.96. The van der Waals surface area contributed by atoms with Gasteiger partial charge in [0.25, 0.3) is 5.56 Å². The van der Waals surface area contributed by atoms with Crippen molar-refractivity contribution in [2.45, 2.75) is 46.1 Å². The van der Waals surface area contributed by atoms with E-state index < -0.39 is 5.97 Å². The number of carbonyl (C=O) groups is 1. The second-order valence-corrected chi connectivity index (χ2v) is 5.17. The molecule has 0 unspecified atom stereocenters. The molecule has 0 saturated heterocycles. The largest absolute Gasteiger partial charge is 0.478 e. The highest BCUT2D eigenvalue weighted by Gasteiger charge is 2.21. The first-order valence-electron chi connectivity index (χ1n) is 6.45. The van der Waals surface area contributed by atoms with E-state index in [0.29, 0.717) is 17.8 Å². The smallest absolute Gasteiger partial charge is 0.337 e. The molecule has 98 valence electrons. The van der Waals surface area contributed by atoms with E-state index in [1.54, 1.807) is 18.4 Å². The first-order valence-corrected chi connectivity index (χ1v) is 6.45. The Labute approximate surface area is 106 Å². The lowest BCUT2D eigenvalue weighted by molar-refractivity contribution is 0.0694. The molecule has 0 aromatic carbocycles. The molecule has 1 aromatic rings. The fraction of sp³-hybridized carbons (Fsp3) is 0.571. The van der Waals surface area contributed by atoms with E-state index in [1.165, 1.54) is 18.9 Å². The van der Waals surface area contributed by atoms with Gasteiger partial charge in [-0.1, -0.05) is 12.8 Å². The van der Waals surface area contributed by atoms with Gasteiger partial charge >= 0.3 is 5.97 Å². The van der Waals surface area contributed by atoms with Crippen molar-refractivity contribution < 1.29 is 9.90 Å². The van der Waals surface area contributed by atoms with Crippen LogP contribution in [0.4, 0.5) is 0 Å². The van der Waals surface area contributed by atoms with Gasteiger partial charge in [-0.2, -0.15) is 0 Å². The zero-order valence-electron chi connectivity index (χ0n) is 10.9. The monoisotopic (exact) mass is 249 g/mol. The Bertz CT molecular complexity index is 527. The molecule has 0 atom stereocenters. The van der Waals surface area contributed by atoms with Crippen LogP contribution in [0.25, 0.3) is 0 Å². The predicted molar refractivity (Wildman–Crippen MR) is 69.1 cm³/mol. The van der Waals surface area contributed by atoms with Crippen molar-refractivity contribution in [3.8, 4) is 0 Å². The minimum Gasteiger partial charge on any atom is -0.478 e. The molecule has 1 aliphatic rings. The molecule has 1 N–H and O–H groups in total. The van der Waals surface area contributed by atoms with Crippen molar-refractivity contribution in [2.75, 3.05) is 0 Å². The van der Waals surface area contributed by atoms with Crippen molar-refractivity contribution in [3.63, 3.8) is 0 Å². The summed E-state index contributed by atoms with van der Waals surface area (Å²) in [6, 6.07) is 1.42. The minimum absolute atomic E-state index is 0.0919. The summed E-state index contributed by atoms with van der Waals surface area (Å²) >= 11 is 0. The molecular formula is C14H19NO3. The summed E-state index contributed by atoms with van der Waals surface area (Å²) in [5, 5.41) is 9.17. The molecule has 1 aliphatic carbocycles. The zero-order valence-corrected chi connectivity index (χ0v) is 10.9. The normalized spacial score (nSPS) is 14.8. The van der Waals surface area contributed by atoms with Gasteiger partial charge in [0.05, 0.1) is 5.56 Å². The Balaban J connectivity index is 2.24. The molecule has 1 saturated carbocycles. The molecule has 18 heavy (non-hydrogen) atoms. The van der Waals surface area contributed by atoms with Gasteiger partial charge in [0, 0.05) is 18.3 Å². The molecule has 0 bridgehead atoms. The SMILES string of the molecule is Cc1cc(=O)n(CCCC2CC2)c(C)c1C(=O)O. The van der Waals surface area contributed by atoms with Crippen molar-refractivity contribution in [1.82, 2.24) is 4.57 Å². The van der Waals surface area contributed by atoms with Crippen molar-refractivity contribution in [3.05, 3.63) is 33.2 Å². The van der Waals surface area contributed by atoms with E-state index in [0.717, 1.165) is 18.8 Å². The predicted octanol–water partition coefficient (Wildman–Crippen LogP) is 2.35. The van der Waals surface area contributed by atoms with Crippen LogP contribution >= 0.6 is 0 Å². The van der Waals surface area contributed by atoms with Crippen LogP contribution in [0.3, 0.4) is 0 Å². The van der Waals surface area contributed by atoms with Crippen LogP contribution in [0, 0.1) is 19.8 Å². The average molecular weight is 249 g/mol. The molecule has 0 spiro atoms. The third kappa shape index (κ3) is 2.63. The van der Waals surface area contributed by atoms with Crippen LogP contribution in [-0.4, -0.2) is 15.6 Å². The summed E-state index contributed by atoms with van der Waals surface area (Å²) in [5.41, 5.74) is 1.29. The molecule has 0 radical (unpaired) electrons. The van der Waals surface area contributed by atoms with Crippen LogP contribution < -0.4 is 5.56 Å². The minimum atomic E-state index is -0.957. The van der Waals surface area contributed by atoms with Gasteiger partial charge in [0.2, 0.25) is 0 Å². The molecule has 1 heterocycles. The summed E-state index contributed by atoms with van der Waals surface area (Å²) in [6.45, 7) is 4.02. The van der Waals surface area contributed by atoms with Crippen LogP contribution in [0.5, 0.6) is 0 Å². The standard InChI is InChI=1S/C14H19NO3/c1-9-8-12(16)15(7-3-4-11-5-6-11)10(2)13(9)14(17)18/h8,11H,3-7H2,1-2H3,(H,17,18). The van der Waals surface area contributed by atoms with Crippen molar-refractivity contribution in [2.24, 2.45) is 5.92 Å². The summed E-state index contributed by atoms with van der Waals surface area (Å²) in [4.78, 5) is 23.1. The fourth-order valence-corrected chi connectivity index (χ4v) is 2.47. The Morgan fingerprint density at radius 1 is 1.44 bits per heavy atom. The Morgan fingerprint density at radius 3 is 2.67 bits per heavy atom. The Hall–Kier alpha value is -1.58. The maximum absolute atomic E-state index is 11.9. The molecule has 0 amide bonds. The van der Waals surface area contributed by atoms with E-state index in [9.17, 15) is 14.7 Å². The lowest BCUT2D eigenvalue weighted by Crippen LogP contribution is -2.25. The van der Waals surface area contributed by atoms with Crippen LogP contribution in [0.15, 0.2) is 10.9 Å². The van der Waals surface area contributed by atoms with Crippen molar-refractivity contribution >= 4 is 5.97 Å². The number of nitrogens with zero attached hydrogens (tertiary/aromatic N) is 1. The van der Waals surface area contributed by atoms with E-state index >= 15 is 0 Å². The van der Waals surface area contributed by atoms with Crippen LogP contribution in [0.2, 0.25) is 0 Å². The van der Waals surface area contributed by atoms with Gasteiger partial charge in [0.15, 0.2) is 0 Å². The number of pyridine rings is 1. The molecule has 1 aromatic heterocycles. The number of rotatable bonds is 5. The lowest BCUT2D eigenvalue weighted by Gasteiger charge is -2.13. The average Bonchev–Trinajstić information content (AvgIpc) is 3.05. The third-order valence-corrected chi connectivity index (χ3v) is 3.67. The van der Waals surface area contributed by atoms with Crippen LogP contribution in [-0.2, 0) is 6.54 Å². The number of aromatic nitrogens is 1. The van der Waals surface area contributed by atoms with Gasteiger partial charge in [-0.25, -0.2) is 4.79 Å². The molecular weight excluding hydrogens is 230 g/mol. The highest BCUT2D eigenvalue weighted by atomic mass is 16.4. The first kappa shape index (κ1) is 12.9. The summed E-state index contributed by atoms with van der Waals surface area (Å²) in [6.07, 6.45) is 4.71. The van der Waals surface area contributed by atoms with Gasteiger partial charge in [-0.15, -0.1) is 0 Å². The highest BCUT2D eigenvalue weighted by Crippen LogP contribution is 2.33. The molecule has 4 nitrogen and oxygen atoms in total. The highest BCUT2D eigenvalue weighted by molar-refractivity contribution is 5.90. The maximum atomic E-state index is 11.9. The van der Waals surface area contributed by atoms with E-state index in [-0.39, 0.29) is 11.1 Å². The second-order valence-electron chi connectivity index (χ2n) is 5.17.